The molecule has 1 heterocycles. The van der Waals surface area contributed by atoms with E-state index in [9.17, 15) is 13.2 Å². The van der Waals surface area contributed by atoms with E-state index in [0.717, 1.165) is 0 Å². The van der Waals surface area contributed by atoms with E-state index < -0.39 is 18.6 Å². The summed E-state index contributed by atoms with van der Waals surface area (Å²) in [5.74, 6) is -1.82. The van der Waals surface area contributed by atoms with Crippen LogP contribution in [0.15, 0.2) is 24.3 Å². The second-order valence-corrected chi connectivity index (χ2v) is 3.32. The second kappa shape index (κ2) is 3.55. The molecule has 2 rings (SSSR count). The molecule has 1 aliphatic rings. The molecule has 0 spiro atoms. The van der Waals surface area contributed by atoms with Crippen LogP contribution in [0.5, 0.6) is 11.5 Å². The van der Waals surface area contributed by atoms with Gasteiger partial charge >= 0.3 is 12.0 Å². The molecule has 0 N–H and O–H groups in total. The molecule has 1 aromatic carbocycles. The van der Waals surface area contributed by atoms with Crippen molar-refractivity contribution in [3.8, 4) is 11.5 Å². The summed E-state index contributed by atoms with van der Waals surface area (Å²) in [5.41, 5.74) is 0. The lowest BCUT2D eigenvalue weighted by Crippen LogP contribution is -2.38. The molecule has 16 heavy (non-hydrogen) atoms. The molecule has 88 valence electrons. The zero-order valence-electron chi connectivity index (χ0n) is 8.38. The lowest BCUT2D eigenvalue weighted by molar-refractivity contribution is -0.242. The van der Waals surface area contributed by atoms with Gasteiger partial charge in [-0.15, -0.1) is 0 Å². The van der Waals surface area contributed by atoms with Gasteiger partial charge in [-0.05, 0) is 24.3 Å². The fourth-order valence-corrected chi connectivity index (χ4v) is 1.18. The first-order valence-electron chi connectivity index (χ1n) is 4.51. The Morgan fingerprint density at radius 3 is 2.06 bits per heavy atom. The average molecular weight is 234 g/mol. The third kappa shape index (κ3) is 1.92. The zero-order valence-corrected chi connectivity index (χ0v) is 8.38. The number of alkyl halides is 3. The van der Waals surface area contributed by atoms with Gasteiger partial charge in [0.05, 0.1) is 7.11 Å². The molecule has 0 aromatic heterocycles. The Hall–Kier alpha value is -1.43. The number of rotatable bonds is 3. The summed E-state index contributed by atoms with van der Waals surface area (Å²) in [4.78, 5) is 0. The second-order valence-electron chi connectivity index (χ2n) is 3.32. The minimum Gasteiger partial charge on any atom is -0.497 e. The maximum Gasteiger partial charge on any atom is 0.458 e. The molecule has 0 aliphatic carbocycles. The van der Waals surface area contributed by atoms with Crippen LogP contribution in [-0.4, -0.2) is 25.7 Å². The Kier molecular flexibility index (Phi) is 2.46. The van der Waals surface area contributed by atoms with Crippen LogP contribution in [-0.2, 0) is 4.74 Å². The predicted molar refractivity (Wildman–Crippen MR) is 48.4 cm³/mol. The van der Waals surface area contributed by atoms with Crippen LogP contribution < -0.4 is 9.47 Å². The van der Waals surface area contributed by atoms with Crippen molar-refractivity contribution in [3.05, 3.63) is 24.3 Å². The van der Waals surface area contributed by atoms with Crippen LogP contribution in [0.3, 0.4) is 0 Å². The number of hydrogen-bond donors (Lipinski definition) is 0. The molecule has 1 aromatic rings. The lowest BCUT2D eigenvalue weighted by atomic mass is 10.3. The van der Waals surface area contributed by atoms with Crippen molar-refractivity contribution in [2.75, 3.05) is 13.7 Å². The molecule has 6 heteroatoms. The first kappa shape index (κ1) is 11.1. The standard InChI is InChI=1S/C10H9F3O3/c1-14-7-2-4-8(5-3-7)16-9(6-15-9)10(11,12)13/h2-5H,6H2,1H3. The van der Waals surface area contributed by atoms with Gasteiger partial charge in [0.2, 0.25) is 0 Å². The molecule has 3 nitrogen and oxygen atoms in total. The summed E-state index contributed by atoms with van der Waals surface area (Å²) in [6.07, 6.45) is -4.52. The fraction of sp³-hybridized carbons (Fsp3) is 0.400. The Morgan fingerprint density at radius 2 is 1.69 bits per heavy atom. The van der Waals surface area contributed by atoms with Crippen molar-refractivity contribution in [1.82, 2.24) is 0 Å². The normalized spacial score (nSPS) is 24.0. The van der Waals surface area contributed by atoms with Gasteiger partial charge in [0.25, 0.3) is 0 Å². The van der Waals surface area contributed by atoms with Crippen LogP contribution in [0.1, 0.15) is 0 Å². The van der Waals surface area contributed by atoms with Crippen molar-refractivity contribution >= 4 is 0 Å². The Bertz CT molecular complexity index is 368. The van der Waals surface area contributed by atoms with Crippen LogP contribution in [0.4, 0.5) is 13.2 Å². The average Bonchev–Trinajstić information content (AvgIpc) is 2.99. The van der Waals surface area contributed by atoms with Gasteiger partial charge in [0.1, 0.15) is 18.1 Å². The summed E-state index contributed by atoms with van der Waals surface area (Å²) in [5, 5.41) is 0. The first-order chi connectivity index (χ1) is 7.47. The minimum atomic E-state index is -4.52. The van der Waals surface area contributed by atoms with Gasteiger partial charge in [-0.1, -0.05) is 0 Å². The molecule has 1 unspecified atom stereocenters. The number of hydrogen-bond acceptors (Lipinski definition) is 3. The number of benzene rings is 1. The largest absolute Gasteiger partial charge is 0.497 e. The van der Waals surface area contributed by atoms with Gasteiger partial charge in [0, 0.05) is 0 Å². The van der Waals surface area contributed by atoms with Crippen LogP contribution in [0.25, 0.3) is 0 Å². The van der Waals surface area contributed by atoms with Gasteiger partial charge < -0.3 is 14.2 Å². The van der Waals surface area contributed by atoms with Crippen molar-refractivity contribution in [3.63, 3.8) is 0 Å². The molecule has 1 atom stereocenters. The van der Waals surface area contributed by atoms with E-state index in [0.29, 0.717) is 5.75 Å². The van der Waals surface area contributed by atoms with Crippen LogP contribution >= 0.6 is 0 Å². The molecule has 0 radical (unpaired) electrons. The number of ether oxygens (including phenoxy) is 3. The number of epoxide rings is 1. The molecule has 1 fully saturated rings. The molecule has 1 saturated heterocycles. The highest BCUT2D eigenvalue weighted by molar-refractivity contribution is 5.31. The summed E-state index contributed by atoms with van der Waals surface area (Å²) < 4.78 is 51.3. The van der Waals surface area contributed by atoms with Gasteiger partial charge in [-0.3, -0.25) is 0 Å². The molecular formula is C10H9F3O3. The SMILES string of the molecule is COc1ccc(OC2(C(F)(F)F)CO2)cc1. The third-order valence-corrected chi connectivity index (χ3v) is 2.18. The van der Waals surface area contributed by atoms with Crippen LogP contribution in [0, 0.1) is 0 Å². The minimum absolute atomic E-state index is 0.0932. The monoisotopic (exact) mass is 234 g/mol. The third-order valence-electron chi connectivity index (χ3n) is 2.18. The van der Waals surface area contributed by atoms with E-state index in [2.05, 4.69) is 4.74 Å². The quantitative estimate of drug-likeness (QED) is 0.752. The first-order valence-corrected chi connectivity index (χ1v) is 4.51. The van der Waals surface area contributed by atoms with E-state index in [1.807, 2.05) is 0 Å². The van der Waals surface area contributed by atoms with E-state index in [-0.39, 0.29) is 5.75 Å². The summed E-state index contributed by atoms with van der Waals surface area (Å²) in [6.45, 7) is -0.470. The summed E-state index contributed by atoms with van der Waals surface area (Å²) in [6, 6.07) is 5.82. The molecule has 0 bridgehead atoms. The Balaban J connectivity index is 2.10. The topological polar surface area (TPSA) is 31.0 Å². The highest BCUT2D eigenvalue weighted by Gasteiger charge is 2.69. The van der Waals surface area contributed by atoms with Crippen molar-refractivity contribution < 1.29 is 27.4 Å². The summed E-state index contributed by atoms with van der Waals surface area (Å²) >= 11 is 0. The Labute approximate surface area is 89.7 Å². The molecule has 0 saturated carbocycles. The lowest BCUT2D eigenvalue weighted by Gasteiger charge is -2.17. The summed E-state index contributed by atoms with van der Waals surface area (Å²) in [7, 11) is 1.47. The van der Waals surface area contributed by atoms with Crippen molar-refractivity contribution in [1.29, 1.82) is 0 Å². The highest BCUT2D eigenvalue weighted by atomic mass is 19.4. The molecule has 1 aliphatic heterocycles. The maximum absolute atomic E-state index is 12.5. The van der Waals surface area contributed by atoms with Gasteiger partial charge in [-0.2, -0.15) is 13.2 Å². The van der Waals surface area contributed by atoms with Crippen molar-refractivity contribution in [2.45, 2.75) is 12.0 Å². The highest BCUT2D eigenvalue weighted by Crippen LogP contribution is 2.44. The van der Waals surface area contributed by atoms with Crippen LogP contribution in [0.2, 0.25) is 0 Å². The van der Waals surface area contributed by atoms with E-state index in [1.165, 1.54) is 31.4 Å². The number of halogens is 3. The van der Waals surface area contributed by atoms with Gasteiger partial charge in [-0.25, -0.2) is 0 Å². The van der Waals surface area contributed by atoms with E-state index in [1.54, 1.807) is 0 Å². The predicted octanol–water partition coefficient (Wildman–Crippen LogP) is 2.36. The maximum atomic E-state index is 12.5. The Morgan fingerprint density at radius 1 is 1.19 bits per heavy atom. The van der Waals surface area contributed by atoms with E-state index >= 15 is 0 Å². The fourth-order valence-electron chi connectivity index (χ4n) is 1.18. The zero-order chi connectivity index (χ0) is 11.8. The van der Waals surface area contributed by atoms with Gasteiger partial charge in [0.15, 0.2) is 0 Å². The van der Waals surface area contributed by atoms with Crippen molar-refractivity contribution in [2.24, 2.45) is 0 Å². The van der Waals surface area contributed by atoms with E-state index in [4.69, 9.17) is 9.47 Å². The number of methoxy groups -OCH3 is 1. The molecule has 0 amide bonds. The smallest absolute Gasteiger partial charge is 0.458 e. The molecular weight excluding hydrogens is 225 g/mol.